The average molecular weight is 681 g/mol. The molecule has 1 aromatic rings. The molecule has 4 amide bonds. The fourth-order valence-electron chi connectivity index (χ4n) is 8.17. The van der Waals surface area contributed by atoms with E-state index in [1.165, 1.54) is 22.1 Å². The van der Waals surface area contributed by atoms with Crippen LogP contribution in [0.5, 0.6) is 5.75 Å². The van der Waals surface area contributed by atoms with Crippen LogP contribution in [0.3, 0.4) is 0 Å². The Hall–Kier alpha value is -3.80. The van der Waals surface area contributed by atoms with Crippen molar-refractivity contribution < 1.29 is 41.8 Å². The van der Waals surface area contributed by atoms with Crippen molar-refractivity contribution in [2.45, 2.75) is 76.0 Å². The van der Waals surface area contributed by atoms with E-state index in [-0.39, 0.29) is 47.9 Å². The molecular formula is C31H36ClF3N6O6. The molecular weight excluding hydrogens is 645 g/mol. The highest BCUT2D eigenvalue weighted by Crippen LogP contribution is 2.59. The monoisotopic (exact) mass is 680 g/mol. The lowest BCUT2D eigenvalue weighted by molar-refractivity contribution is -0.149. The minimum absolute atomic E-state index is 0.0631. The number of alkyl carbamates (subject to hydrolysis) is 1. The van der Waals surface area contributed by atoms with E-state index in [2.05, 4.69) is 21.7 Å². The summed E-state index contributed by atoms with van der Waals surface area (Å²) in [5.74, 6) is -2.91. The second kappa shape index (κ2) is 12.0. The summed E-state index contributed by atoms with van der Waals surface area (Å²) in [6, 6.07) is -0.0658. The van der Waals surface area contributed by atoms with Crippen LogP contribution in [-0.4, -0.2) is 101 Å². The third-order valence-corrected chi connectivity index (χ3v) is 10.5. The van der Waals surface area contributed by atoms with Crippen LogP contribution in [0, 0.1) is 40.4 Å². The largest absolute Gasteiger partial charge is 0.471 e. The number of likely N-dealkylation sites (tertiary alicyclic amines) is 2. The standard InChI is InChI=1S/C31H36ClF3N6O6/c1-30(2,3)24(38-29(45)46-17(8-33)9-34)27(43)40-12-19-14-4-18(20(35)5-14)22(19)23(40)26(42)41-13-31(7-16(41)10-36)28(44)39-25-21(47-31)6-15(32)11-37-25/h6,11,14,16-20,22-24H,4-5,7-9,12-13H2,1-3H3,(H,38,45)(H,37,39,44)/t14-,16-,18+,19+,20+,22-,23-,24+,31+/m0/s1. The fourth-order valence-corrected chi connectivity index (χ4v) is 8.32. The van der Waals surface area contributed by atoms with Crippen LogP contribution in [0.15, 0.2) is 12.3 Å². The molecule has 3 aliphatic heterocycles. The van der Waals surface area contributed by atoms with Crippen LogP contribution in [0.4, 0.5) is 23.8 Å². The minimum atomic E-state index is -1.65. The van der Waals surface area contributed by atoms with Crippen molar-refractivity contribution in [1.29, 1.82) is 5.26 Å². The minimum Gasteiger partial charge on any atom is -0.471 e. The van der Waals surface area contributed by atoms with Crippen molar-refractivity contribution in [2.24, 2.45) is 29.1 Å². The van der Waals surface area contributed by atoms with Gasteiger partial charge in [-0.05, 0) is 41.9 Å². The van der Waals surface area contributed by atoms with Gasteiger partial charge in [0.05, 0.1) is 17.6 Å². The van der Waals surface area contributed by atoms with Crippen LogP contribution in [0.25, 0.3) is 0 Å². The van der Waals surface area contributed by atoms with Gasteiger partial charge in [0.1, 0.15) is 37.6 Å². The molecule has 2 N–H and O–H groups in total. The predicted octanol–water partition coefficient (Wildman–Crippen LogP) is 3.20. The Morgan fingerprint density at radius 3 is 2.64 bits per heavy atom. The quantitative estimate of drug-likeness (QED) is 0.465. The zero-order valence-electron chi connectivity index (χ0n) is 26.1. The van der Waals surface area contributed by atoms with Gasteiger partial charge in [-0.25, -0.2) is 22.9 Å². The molecule has 2 saturated carbocycles. The summed E-state index contributed by atoms with van der Waals surface area (Å²) in [4.78, 5) is 61.7. The number of alkyl halides is 3. The van der Waals surface area contributed by atoms with E-state index < -0.39 is 90.4 Å². The molecule has 2 aliphatic carbocycles. The normalized spacial score (nSPS) is 32.8. The number of hydrogen-bond acceptors (Lipinski definition) is 8. The first kappa shape index (κ1) is 33.1. The maximum absolute atomic E-state index is 15.3. The van der Waals surface area contributed by atoms with E-state index in [0.29, 0.717) is 12.8 Å². The number of nitrogens with zero attached hydrogens (tertiary/aromatic N) is 4. The fraction of sp³-hybridized carbons (Fsp3) is 0.677. The van der Waals surface area contributed by atoms with Crippen molar-refractivity contribution in [3.63, 3.8) is 0 Å². The van der Waals surface area contributed by atoms with Gasteiger partial charge in [-0.2, -0.15) is 5.26 Å². The van der Waals surface area contributed by atoms with Gasteiger partial charge >= 0.3 is 6.09 Å². The average Bonchev–Trinajstić information content (AvgIpc) is 3.78. The SMILES string of the molecule is CC(C)(C)[C@H](NC(=O)OC(CF)CF)C(=O)N1C[C@@H]2[C@H]3C[C@@H]([C@@H]2[C@H]1C(=O)N1C[C@@]2(C[C@H]1C#N)Oc1cc(Cl)cnc1NC2=O)[C@H](F)C3. The Labute approximate surface area is 274 Å². The third kappa shape index (κ3) is 5.62. The molecule has 2 bridgehead atoms. The Morgan fingerprint density at radius 2 is 1.98 bits per heavy atom. The van der Waals surface area contributed by atoms with Crippen LogP contribution in [0.1, 0.15) is 40.0 Å². The second-order valence-electron chi connectivity index (χ2n) is 14.2. The van der Waals surface area contributed by atoms with Crippen LogP contribution >= 0.6 is 11.6 Å². The molecule has 12 nitrogen and oxygen atoms in total. The Morgan fingerprint density at radius 1 is 1.26 bits per heavy atom. The molecule has 254 valence electrons. The van der Waals surface area contributed by atoms with E-state index >= 15 is 4.39 Å². The van der Waals surface area contributed by atoms with Crippen molar-refractivity contribution in [3.05, 3.63) is 17.3 Å². The topological polar surface area (TPSA) is 154 Å². The lowest BCUT2D eigenvalue weighted by Crippen LogP contribution is -2.60. The number of halogens is 4. The molecule has 0 radical (unpaired) electrons. The molecule has 16 heteroatoms. The first-order chi connectivity index (χ1) is 22.2. The number of nitriles is 1. The number of rotatable bonds is 6. The molecule has 1 spiro atoms. The van der Waals surface area contributed by atoms with E-state index in [9.17, 15) is 33.2 Å². The van der Waals surface area contributed by atoms with E-state index in [0.717, 1.165) is 0 Å². The highest BCUT2D eigenvalue weighted by molar-refractivity contribution is 6.30. The van der Waals surface area contributed by atoms with Crippen molar-refractivity contribution in [1.82, 2.24) is 20.1 Å². The molecule has 9 atom stereocenters. The molecule has 0 unspecified atom stereocenters. The summed E-state index contributed by atoms with van der Waals surface area (Å²) >= 11 is 6.09. The van der Waals surface area contributed by atoms with Gasteiger partial charge in [-0.15, -0.1) is 0 Å². The highest BCUT2D eigenvalue weighted by atomic mass is 35.5. The second-order valence-corrected chi connectivity index (χ2v) is 14.7. The number of aromatic nitrogens is 1. The Bertz CT molecular complexity index is 1520. The van der Waals surface area contributed by atoms with E-state index in [4.69, 9.17) is 21.1 Å². The summed E-state index contributed by atoms with van der Waals surface area (Å²) in [6.07, 6.45) is -1.99. The molecule has 6 rings (SSSR count). The lowest BCUT2D eigenvalue weighted by atomic mass is 9.77. The molecule has 1 aromatic heterocycles. The van der Waals surface area contributed by atoms with Crippen LogP contribution < -0.4 is 15.4 Å². The first-order valence-electron chi connectivity index (χ1n) is 15.6. The molecule has 5 aliphatic rings. The van der Waals surface area contributed by atoms with E-state index in [1.54, 1.807) is 20.8 Å². The highest BCUT2D eigenvalue weighted by Gasteiger charge is 2.65. The van der Waals surface area contributed by atoms with Gasteiger partial charge in [0.2, 0.25) is 17.4 Å². The number of ether oxygens (including phenoxy) is 2. The van der Waals surface area contributed by atoms with E-state index in [1.807, 2.05) is 0 Å². The smallest absolute Gasteiger partial charge is 0.408 e. The van der Waals surface area contributed by atoms with Crippen molar-refractivity contribution >= 4 is 41.2 Å². The van der Waals surface area contributed by atoms with Crippen molar-refractivity contribution in [2.75, 3.05) is 31.8 Å². The third-order valence-electron chi connectivity index (χ3n) is 10.3. The Balaban J connectivity index is 1.32. The molecule has 4 fully saturated rings. The van der Waals surface area contributed by atoms with Crippen LogP contribution in [0.2, 0.25) is 5.02 Å². The number of pyridine rings is 1. The van der Waals surface area contributed by atoms with Crippen LogP contribution in [-0.2, 0) is 19.1 Å². The number of hydrogen-bond donors (Lipinski definition) is 2. The molecule has 2 saturated heterocycles. The number of carbonyl (C=O) groups excluding carboxylic acids is 4. The van der Waals surface area contributed by atoms with Gasteiger partial charge in [0.25, 0.3) is 5.91 Å². The van der Waals surface area contributed by atoms with Gasteiger partial charge in [-0.1, -0.05) is 32.4 Å². The summed E-state index contributed by atoms with van der Waals surface area (Å²) < 4.78 is 52.3. The number of anilines is 1. The Kier molecular flexibility index (Phi) is 8.47. The number of fused-ring (bicyclic) bond motifs is 6. The first-order valence-corrected chi connectivity index (χ1v) is 16.0. The maximum Gasteiger partial charge on any atom is 0.408 e. The van der Waals surface area contributed by atoms with Gasteiger partial charge < -0.3 is 29.9 Å². The number of amides is 4. The zero-order chi connectivity index (χ0) is 34.0. The summed E-state index contributed by atoms with van der Waals surface area (Å²) in [6.45, 7) is 2.27. The predicted molar refractivity (Wildman–Crippen MR) is 159 cm³/mol. The number of carbonyl (C=O) groups is 4. The van der Waals surface area contributed by atoms with Gasteiger partial charge in [-0.3, -0.25) is 14.4 Å². The molecule has 0 aromatic carbocycles. The van der Waals surface area contributed by atoms with Crippen molar-refractivity contribution in [3.8, 4) is 11.8 Å². The number of nitrogens with one attached hydrogen (secondary N) is 2. The summed E-state index contributed by atoms with van der Waals surface area (Å²) in [5.41, 5.74) is -2.60. The summed E-state index contributed by atoms with van der Waals surface area (Å²) in [7, 11) is 0. The maximum atomic E-state index is 15.3. The molecule has 4 heterocycles. The van der Waals surface area contributed by atoms with Gasteiger partial charge in [0.15, 0.2) is 17.7 Å². The summed E-state index contributed by atoms with van der Waals surface area (Å²) in [5, 5.41) is 15.5. The zero-order valence-corrected chi connectivity index (χ0v) is 26.8. The molecule has 47 heavy (non-hydrogen) atoms. The lowest BCUT2D eigenvalue weighted by Gasteiger charge is -2.39. The van der Waals surface area contributed by atoms with Gasteiger partial charge in [0, 0.05) is 25.2 Å².